The van der Waals surface area contributed by atoms with Crippen LogP contribution < -0.4 is 5.32 Å². The molecule has 16 heavy (non-hydrogen) atoms. The summed E-state index contributed by atoms with van der Waals surface area (Å²) in [6, 6.07) is 5.70. The Morgan fingerprint density at radius 3 is 3.12 bits per heavy atom. The summed E-state index contributed by atoms with van der Waals surface area (Å²) in [5.41, 5.74) is 0. The van der Waals surface area contributed by atoms with Gasteiger partial charge in [-0.3, -0.25) is 0 Å². The lowest BCUT2D eigenvalue weighted by Crippen LogP contribution is -2.44. The molecule has 1 saturated heterocycles. The van der Waals surface area contributed by atoms with Crippen LogP contribution in [0.15, 0.2) is 17.5 Å². The molecule has 1 nitrogen and oxygen atoms in total. The molecular weight excluding hydrogens is 234 g/mol. The summed E-state index contributed by atoms with van der Waals surface area (Å²) in [7, 11) is 0. The van der Waals surface area contributed by atoms with Gasteiger partial charge in [-0.1, -0.05) is 13.0 Å². The number of nitrogens with one attached hydrogen (secondary N) is 1. The predicted molar refractivity (Wildman–Crippen MR) is 75.6 cm³/mol. The molecule has 1 N–H and O–H groups in total. The van der Waals surface area contributed by atoms with E-state index in [2.05, 4.69) is 48.4 Å². The van der Waals surface area contributed by atoms with E-state index in [1.165, 1.54) is 29.9 Å². The van der Waals surface area contributed by atoms with Crippen molar-refractivity contribution in [3.63, 3.8) is 0 Å². The summed E-state index contributed by atoms with van der Waals surface area (Å²) >= 11 is 3.99. The van der Waals surface area contributed by atoms with Crippen molar-refractivity contribution in [2.45, 2.75) is 50.4 Å². The van der Waals surface area contributed by atoms with Crippen LogP contribution in [0, 0.1) is 0 Å². The molecule has 1 aromatic heterocycles. The number of hydrogen-bond acceptors (Lipinski definition) is 3. The zero-order chi connectivity index (χ0) is 11.4. The van der Waals surface area contributed by atoms with Gasteiger partial charge in [0.2, 0.25) is 0 Å². The number of thiophene rings is 1. The fourth-order valence-corrected chi connectivity index (χ4v) is 4.28. The average molecular weight is 255 g/mol. The monoisotopic (exact) mass is 255 g/mol. The van der Waals surface area contributed by atoms with Gasteiger partial charge < -0.3 is 5.32 Å². The van der Waals surface area contributed by atoms with E-state index in [4.69, 9.17) is 0 Å². The standard InChI is InChI=1S/C13H21NS2/c1-10(9-12-5-3-8-16-12)14-13-6-4-7-15-11(13)2/h3,5,8,10-11,13-14H,4,6-7,9H2,1-2H3. The highest BCUT2D eigenvalue weighted by atomic mass is 32.2. The Morgan fingerprint density at radius 2 is 2.44 bits per heavy atom. The molecule has 0 spiro atoms. The minimum atomic E-state index is 0.602. The summed E-state index contributed by atoms with van der Waals surface area (Å²) in [6.07, 6.45) is 3.90. The van der Waals surface area contributed by atoms with Gasteiger partial charge in [0.15, 0.2) is 0 Å². The minimum Gasteiger partial charge on any atom is -0.310 e. The highest BCUT2D eigenvalue weighted by molar-refractivity contribution is 7.99. The van der Waals surface area contributed by atoms with Crippen molar-refractivity contribution in [2.24, 2.45) is 0 Å². The molecule has 0 saturated carbocycles. The van der Waals surface area contributed by atoms with Crippen molar-refractivity contribution in [1.82, 2.24) is 5.32 Å². The summed E-state index contributed by atoms with van der Waals surface area (Å²) in [5.74, 6) is 1.35. The van der Waals surface area contributed by atoms with Gasteiger partial charge >= 0.3 is 0 Å². The lowest BCUT2D eigenvalue weighted by molar-refractivity contribution is 0.410. The first-order valence-electron chi connectivity index (χ1n) is 6.15. The van der Waals surface area contributed by atoms with Gasteiger partial charge in [-0.2, -0.15) is 11.8 Å². The Balaban J connectivity index is 1.79. The molecule has 0 radical (unpaired) electrons. The third kappa shape index (κ3) is 3.51. The summed E-state index contributed by atoms with van der Waals surface area (Å²) in [6.45, 7) is 4.67. The summed E-state index contributed by atoms with van der Waals surface area (Å²) < 4.78 is 0. The minimum absolute atomic E-state index is 0.602. The third-order valence-corrected chi connectivity index (χ3v) is 5.47. The summed E-state index contributed by atoms with van der Waals surface area (Å²) in [5, 5.41) is 6.74. The van der Waals surface area contributed by atoms with Crippen molar-refractivity contribution < 1.29 is 0 Å². The highest BCUT2D eigenvalue weighted by Crippen LogP contribution is 2.25. The molecule has 3 heteroatoms. The van der Waals surface area contributed by atoms with Gasteiger partial charge in [0, 0.05) is 22.2 Å². The van der Waals surface area contributed by atoms with Crippen LogP contribution >= 0.6 is 23.1 Å². The number of rotatable bonds is 4. The van der Waals surface area contributed by atoms with E-state index in [0.29, 0.717) is 12.1 Å². The smallest absolute Gasteiger partial charge is 0.0186 e. The molecule has 1 aliphatic heterocycles. The second-order valence-corrected chi connectivity index (χ2v) is 7.19. The molecule has 2 rings (SSSR count). The first kappa shape index (κ1) is 12.5. The first-order valence-corrected chi connectivity index (χ1v) is 8.08. The SMILES string of the molecule is CC(Cc1cccs1)NC1CCCSC1C. The fourth-order valence-electron chi connectivity index (χ4n) is 2.30. The van der Waals surface area contributed by atoms with Crippen LogP contribution in [0.25, 0.3) is 0 Å². The molecule has 1 aromatic rings. The van der Waals surface area contributed by atoms with Gasteiger partial charge in [-0.15, -0.1) is 11.3 Å². The molecule has 1 fully saturated rings. The molecule has 2 heterocycles. The molecular formula is C13H21NS2. The molecule has 0 aromatic carbocycles. The van der Waals surface area contributed by atoms with Crippen LogP contribution in [0.5, 0.6) is 0 Å². The average Bonchev–Trinajstić information content (AvgIpc) is 2.74. The highest BCUT2D eigenvalue weighted by Gasteiger charge is 2.22. The van der Waals surface area contributed by atoms with Crippen LogP contribution in [-0.2, 0) is 6.42 Å². The van der Waals surface area contributed by atoms with Crippen molar-refractivity contribution in [1.29, 1.82) is 0 Å². The van der Waals surface area contributed by atoms with Gasteiger partial charge in [-0.05, 0) is 43.4 Å². The maximum absolute atomic E-state index is 3.79. The second-order valence-electron chi connectivity index (χ2n) is 4.68. The topological polar surface area (TPSA) is 12.0 Å². The lowest BCUT2D eigenvalue weighted by Gasteiger charge is -2.31. The largest absolute Gasteiger partial charge is 0.310 e. The maximum atomic E-state index is 3.79. The Bertz CT molecular complexity index is 297. The number of thioether (sulfide) groups is 1. The Hall–Kier alpha value is 0.01000. The van der Waals surface area contributed by atoms with Crippen LogP contribution in [0.3, 0.4) is 0 Å². The lowest BCUT2D eigenvalue weighted by atomic mass is 10.1. The zero-order valence-electron chi connectivity index (χ0n) is 10.1. The van der Waals surface area contributed by atoms with Crippen LogP contribution in [0.1, 0.15) is 31.6 Å². The molecule has 3 atom stereocenters. The molecule has 0 aliphatic carbocycles. The van der Waals surface area contributed by atoms with E-state index in [-0.39, 0.29) is 0 Å². The van der Waals surface area contributed by atoms with E-state index in [9.17, 15) is 0 Å². The van der Waals surface area contributed by atoms with Crippen molar-refractivity contribution in [3.05, 3.63) is 22.4 Å². The first-order chi connectivity index (χ1) is 7.75. The van der Waals surface area contributed by atoms with Gasteiger partial charge in [0.1, 0.15) is 0 Å². The van der Waals surface area contributed by atoms with E-state index < -0.39 is 0 Å². The maximum Gasteiger partial charge on any atom is 0.0186 e. The molecule has 0 bridgehead atoms. The normalized spacial score (nSPS) is 27.9. The van der Waals surface area contributed by atoms with E-state index in [1.807, 2.05) is 11.3 Å². The Morgan fingerprint density at radius 1 is 1.56 bits per heavy atom. The quantitative estimate of drug-likeness (QED) is 0.883. The van der Waals surface area contributed by atoms with E-state index >= 15 is 0 Å². The van der Waals surface area contributed by atoms with Crippen molar-refractivity contribution in [3.8, 4) is 0 Å². The van der Waals surface area contributed by atoms with E-state index in [0.717, 1.165) is 5.25 Å². The third-order valence-electron chi connectivity index (χ3n) is 3.19. The van der Waals surface area contributed by atoms with Gasteiger partial charge in [-0.25, -0.2) is 0 Å². The Kier molecular flexibility index (Phi) is 4.74. The Labute approximate surface area is 107 Å². The molecule has 3 unspecified atom stereocenters. The predicted octanol–water partition coefficient (Wildman–Crippen LogP) is 3.55. The van der Waals surface area contributed by atoms with E-state index in [1.54, 1.807) is 0 Å². The fraction of sp³-hybridized carbons (Fsp3) is 0.692. The van der Waals surface area contributed by atoms with Crippen molar-refractivity contribution >= 4 is 23.1 Å². The second kappa shape index (κ2) is 6.08. The van der Waals surface area contributed by atoms with Crippen LogP contribution in [-0.4, -0.2) is 23.1 Å². The molecule has 1 aliphatic rings. The molecule has 90 valence electrons. The van der Waals surface area contributed by atoms with Crippen LogP contribution in [0.4, 0.5) is 0 Å². The van der Waals surface area contributed by atoms with Gasteiger partial charge in [0.05, 0.1) is 0 Å². The van der Waals surface area contributed by atoms with Gasteiger partial charge in [0.25, 0.3) is 0 Å². The van der Waals surface area contributed by atoms with Crippen LogP contribution in [0.2, 0.25) is 0 Å². The zero-order valence-corrected chi connectivity index (χ0v) is 11.7. The summed E-state index contributed by atoms with van der Waals surface area (Å²) in [4.78, 5) is 1.50. The number of hydrogen-bond donors (Lipinski definition) is 1. The molecule has 0 amide bonds. The van der Waals surface area contributed by atoms with Crippen molar-refractivity contribution in [2.75, 3.05) is 5.75 Å².